The molecule has 5 rings (SSSR count). The summed E-state index contributed by atoms with van der Waals surface area (Å²) in [6, 6.07) is 24.7. The summed E-state index contributed by atoms with van der Waals surface area (Å²) in [6.07, 6.45) is 1.67. The molecule has 0 spiro atoms. The first-order valence-electron chi connectivity index (χ1n) is 10.8. The predicted molar refractivity (Wildman–Crippen MR) is 139 cm³/mol. The molecular weight excluding hydrogens is 462 g/mol. The second-order valence-corrected chi connectivity index (χ2v) is 8.44. The van der Waals surface area contributed by atoms with Crippen molar-refractivity contribution in [1.29, 1.82) is 0 Å². The average molecular weight is 484 g/mol. The molecule has 7 nitrogen and oxygen atoms in total. The highest BCUT2D eigenvalue weighted by Crippen LogP contribution is 2.29. The normalized spacial score (nSPS) is 11.1. The van der Waals surface area contributed by atoms with Crippen LogP contribution in [0.4, 0.5) is 5.13 Å². The van der Waals surface area contributed by atoms with Crippen LogP contribution in [0.15, 0.2) is 98.6 Å². The Kier molecular flexibility index (Phi) is 6.54. The summed E-state index contributed by atoms with van der Waals surface area (Å²) in [7, 11) is 1.61. The summed E-state index contributed by atoms with van der Waals surface area (Å²) in [5.41, 5.74) is 5.88. The van der Waals surface area contributed by atoms with E-state index in [1.165, 1.54) is 11.3 Å². The lowest BCUT2D eigenvalue weighted by atomic mass is 10.1. The Morgan fingerprint density at radius 3 is 2.71 bits per heavy atom. The average Bonchev–Trinajstić information content (AvgIpc) is 3.36. The Labute approximate surface area is 205 Å². The number of ether oxygens (including phenoxy) is 2. The van der Waals surface area contributed by atoms with E-state index in [0.717, 1.165) is 16.5 Å². The first kappa shape index (κ1) is 22.4. The second kappa shape index (κ2) is 10.2. The lowest BCUT2D eigenvalue weighted by molar-refractivity contribution is 0.284. The van der Waals surface area contributed by atoms with E-state index in [1.807, 2.05) is 66.7 Å². The summed E-state index contributed by atoms with van der Waals surface area (Å²) in [5, 5.41) is 7.47. The van der Waals surface area contributed by atoms with Crippen LogP contribution in [0, 0.1) is 0 Å². The fourth-order valence-electron chi connectivity index (χ4n) is 3.47. The van der Waals surface area contributed by atoms with Crippen molar-refractivity contribution in [3.05, 3.63) is 106 Å². The highest BCUT2D eigenvalue weighted by molar-refractivity contribution is 7.14. The molecule has 0 aliphatic rings. The summed E-state index contributed by atoms with van der Waals surface area (Å²) in [5.74, 6) is 1.27. The Morgan fingerprint density at radius 2 is 1.86 bits per heavy atom. The minimum atomic E-state index is -0.426. The fourth-order valence-corrected chi connectivity index (χ4v) is 4.13. The SMILES string of the molecule is COc1ccc(/C=N/Nc2nc(-c3cc4ccccc4oc3=O)cs2)cc1OCc1ccccc1. The van der Waals surface area contributed by atoms with Crippen LogP contribution in [0.3, 0.4) is 0 Å². The molecule has 0 fully saturated rings. The van der Waals surface area contributed by atoms with Gasteiger partial charge in [-0.1, -0.05) is 48.5 Å². The third-order valence-electron chi connectivity index (χ3n) is 5.22. The zero-order valence-corrected chi connectivity index (χ0v) is 19.6. The van der Waals surface area contributed by atoms with Crippen LogP contribution in [0.25, 0.3) is 22.2 Å². The van der Waals surface area contributed by atoms with Crippen LogP contribution in [-0.4, -0.2) is 18.3 Å². The van der Waals surface area contributed by atoms with E-state index in [2.05, 4.69) is 15.5 Å². The number of rotatable bonds is 8. The van der Waals surface area contributed by atoms with Crippen molar-refractivity contribution < 1.29 is 13.9 Å². The molecule has 0 bridgehead atoms. The molecule has 0 saturated carbocycles. The van der Waals surface area contributed by atoms with Gasteiger partial charge in [0.05, 0.1) is 24.6 Å². The number of benzene rings is 3. The number of fused-ring (bicyclic) bond motifs is 1. The van der Waals surface area contributed by atoms with E-state index in [1.54, 1.807) is 30.8 Å². The number of hydrogen-bond donors (Lipinski definition) is 1. The highest BCUT2D eigenvalue weighted by atomic mass is 32.1. The molecule has 5 aromatic rings. The molecule has 1 N–H and O–H groups in total. The number of aromatic nitrogens is 1. The van der Waals surface area contributed by atoms with Crippen molar-refractivity contribution in [2.75, 3.05) is 12.5 Å². The Bertz CT molecular complexity index is 1540. The molecule has 2 heterocycles. The zero-order chi connectivity index (χ0) is 24.0. The molecule has 8 heteroatoms. The lowest BCUT2D eigenvalue weighted by Gasteiger charge is -2.11. The fraction of sp³-hybridized carbons (Fsp3) is 0.0741. The summed E-state index contributed by atoms with van der Waals surface area (Å²) < 4.78 is 16.8. The summed E-state index contributed by atoms with van der Waals surface area (Å²) in [6.45, 7) is 0.431. The minimum Gasteiger partial charge on any atom is -0.493 e. The van der Waals surface area contributed by atoms with E-state index in [9.17, 15) is 4.79 Å². The quantitative estimate of drug-likeness (QED) is 0.167. The maximum Gasteiger partial charge on any atom is 0.345 e. The zero-order valence-electron chi connectivity index (χ0n) is 18.8. The van der Waals surface area contributed by atoms with E-state index in [4.69, 9.17) is 13.9 Å². The van der Waals surface area contributed by atoms with Gasteiger partial charge in [-0.05, 0) is 41.5 Å². The maximum atomic E-state index is 12.4. The third-order valence-corrected chi connectivity index (χ3v) is 5.97. The molecule has 2 aromatic heterocycles. The number of methoxy groups -OCH3 is 1. The first-order chi connectivity index (χ1) is 17.2. The van der Waals surface area contributed by atoms with Gasteiger partial charge in [0, 0.05) is 10.8 Å². The van der Waals surface area contributed by atoms with Crippen LogP contribution in [0.1, 0.15) is 11.1 Å². The van der Waals surface area contributed by atoms with Gasteiger partial charge in [0.15, 0.2) is 11.5 Å². The molecule has 0 unspecified atom stereocenters. The monoisotopic (exact) mass is 483 g/mol. The van der Waals surface area contributed by atoms with Gasteiger partial charge in [-0.25, -0.2) is 9.78 Å². The van der Waals surface area contributed by atoms with Crippen molar-refractivity contribution in [1.82, 2.24) is 4.98 Å². The van der Waals surface area contributed by atoms with Gasteiger partial charge in [-0.3, -0.25) is 5.43 Å². The number of para-hydroxylation sites is 1. The van der Waals surface area contributed by atoms with Gasteiger partial charge in [0.2, 0.25) is 5.13 Å². The van der Waals surface area contributed by atoms with Gasteiger partial charge < -0.3 is 13.9 Å². The van der Waals surface area contributed by atoms with Crippen LogP contribution in [0.5, 0.6) is 11.5 Å². The minimum absolute atomic E-state index is 0.410. The van der Waals surface area contributed by atoms with E-state index in [0.29, 0.717) is 40.1 Å². The molecule has 3 aromatic carbocycles. The molecule has 0 atom stereocenters. The first-order valence-corrected chi connectivity index (χ1v) is 11.7. The molecule has 0 radical (unpaired) electrons. The molecular formula is C27H21N3O4S. The number of nitrogens with zero attached hydrogens (tertiary/aromatic N) is 2. The molecule has 35 heavy (non-hydrogen) atoms. The van der Waals surface area contributed by atoms with Gasteiger partial charge >= 0.3 is 5.63 Å². The highest BCUT2D eigenvalue weighted by Gasteiger charge is 2.11. The van der Waals surface area contributed by atoms with Gasteiger partial charge in [-0.15, -0.1) is 11.3 Å². The number of thiazole rings is 1. The Balaban J connectivity index is 1.28. The Morgan fingerprint density at radius 1 is 1.03 bits per heavy atom. The Hall–Kier alpha value is -4.43. The topological polar surface area (TPSA) is 86.0 Å². The number of anilines is 1. The van der Waals surface area contributed by atoms with Crippen molar-refractivity contribution in [2.45, 2.75) is 6.61 Å². The van der Waals surface area contributed by atoms with E-state index >= 15 is 0 Å². The van der Waals surface area contributed by atoms with Crippen LogP contribution in [-0.2, 0) is 6.61 Å². The lowest BCUT2D eigenvalue weighted by Crippen LogP contribution is -2.02. The molecule has 0 aliphatic heterocycles. The van der Waals surface area contributed by atoms with Crippen molar-refractivity contribution >= 4 is 33.7 Å². The van der Waals surface area contributed by atoms with Gasteiger partial charge in [0.1, 0.15) is 12.2 Å². The molecule has 174 valence electrons. The largest absolute Gasteiger partial charge is 0.493 e. The maximum absolute atomic E-state index is 12.4. The summed E-state index contributed by atoms with van der Waals surface area (Å²) >= 11 is 1.35. The van der Waals surface area contributed by atoms with Crippen molar-refractivity contribution in [3.8, 4) is 22.8 Å². The molecule has 0 aliphatic carbocycles. The number of hydrazone groups is 1. The second-order valence-electron chi connectivity index (χ2n) is 7.58. The van der Waals surface area contributed by atoms with E-state index in [-0.39, 0.29) is 0 Å². The standard InChI is InChI=1S/C27H21N3O4S/c1-32-24-12-11-19(13-25(24)33-16-18-7-3-2-4-8-18)15-28-30-27-29-22(17-35-27)21-14-20-9-5-6-10-23(20)34-26(21)31/h2-15,17H,16H2,1H3,(H,29,30)/b28-15+. The van der Waals surface area contributed by atoms with Crippen LogP contribution >= 0.6 is 11.3 Å². The number of hydrogen-bond acceptors (Lipinski definition) is 8. The predicted octanol–water partition coefficient (Wildman–Crippen LogP) is 5.95. The molecule has 0 amide bonds. The van der Waals surface area contributed by atoms with Crippen molar-refractivity contribution in [3.63, 3.8) is 0 Å². The smallest absolute Gasteiger partial charge is 0.345 e. The third kappa shape index (κ3) is 5.23. The van der Waals surface area contributed by atoms with Gasteiger partial charge in [0.25, 0.3) is 0 Å². The summed E-state index contributed by atoms with van der Waals surface area (Å²) in [4.78, 5) is 16.9. The van der Waals surface area contributed by atoms with Crippen molar-refractivity contribution in [2.24, 2.45) is 5.10 Å². The van der Waals surface area contributed by atoms with Crippen LogP contribution in [0.2, 0.25) is 0 Å². The van der Waals surface area contributed by atoms with Crippen LogP contribution < -0.4 is 20.5 Å². The van der Waals surface area contributed by atoms with Gasteiger partial charge in [-0.2, -0.15) is 5.10 Å². The van der Waals surface area contributed by atoms with E-state index < -0.39 is 5.63 Å². The number of nitrogens with one attached hydrogen (secondary N) is 1. The molecule has 0 saturated heterocycles.